The molecule has 1 heterocycles. The molecule has 1 rings (SSSR count). The number of ether oxygens (including phenoxy) is 1. The lowest BCUT2D eigenvalue weighted by molar-refractivity contribution is -0.145. The predicted molar refractivity (Wildman–Crippen MR) is 168 cm³/mol. The summed E-state index contributed by atoms with van der Waals surface area (Å²) >= 11 is 0. The minimum absolute atomic E-state index is 0.0150. The molecule has 222 valence electrons. The van der Waals surface area contributed by atoms with Crippen molar-refractivity contribution in [1.82, 2.24) is 0 Å². The van der Waals surface area contributed by atoms with Crippen molar-refractivity contribution in [3.63, 3.8) is 0 Å². The summed E-state index contributed by atoms with van der Waals surface area (Å²) in [7, 11) is 0. The first-order valence-corrected chi connectivity index (χ1v) is 17.2. The van der Waals surface area contributed by atoms with E-state index in [2.05, 4.69) is 31.2 Å². The molecule has 0 saturated heterocycles. The Bertz CT molecular complexity index is 550. The third-order valence-corrected chi connectivity index (χ3v) is 8.17. The number of carbonyl (C=O) groups is 1. The second-order valence-corrected chi connectivity index (χ2v) is 12.2. The first-order chi connectivity index (χ1) is 18.8. The van der Waals surface area contributed by atoms with Crippen LogP contribution in [0, 0.1) is 5.92 Å². The summed E-state index contributed by atoms with van der Waals surface area (Å²) in [4.78, 5) is 12.0. The number of cyclic esters (lactones) is 1. The second-order valence-electron chi connectivity index (χ2n) is 12.2. The van der Waals surface area contributed by atoms with Gasteiger partial charge in [-0.15, -0.1) is 0 Å². The van der Waals surface area contributed by atoms with Gasteiger partial charge in [-0.2, -0.15) is 0 Å². The molecule has 0 aromatic rings. The van der Waals surface area contributed by atoms with Gasteiger partial charge < -0.3 is 4.74 Å². The Morgan fingerprint density at radius 3 is 1.21 bits per heavy atom. The number of allylic oxidation sites excluding steroid dienone is 4. The van der Waals surface area contributed by atoms with Crippen LogP contribution in [0.5, 0.6) is 0 Å². The lowest BCUT2D eigenvalue weighted by Gasteiger charge is -2.12. The van der Waals surface area contributed by atoms with Crippen LogP contribution in [0.2, 0.25) is 0 Å². The van der Waals surface area contributed by atoms with Crippen molar-refractivity contribution < 1.29 is 9.53 Å². The maximum atomic E-state index is 12.0. The maximum absolute atomic E-state index is 12.0. The fourth-order valence-electron chi connectivity index (χ4n) is 5.50. The first-order valence-electron chi connectivity index (χ1n) is 17.2. The minimum atomic E-state index is 0.0150. The predicted octanol–water partition coefficient (Wildman–Crippen LogP) is 12.2. The molecule has 0 radical (unpaired) electrons. The molecule has 1 aliphatic heterocycles. The van der Waals surface area contributed by atoms with Crippen molar-refractivity contribution in [3.05, 3.63) is 24.3 Å². The standard InChI is InChI=1S/C36H66O2/c1-35-32-30-28-26-24-22-20-18-16-14-12-10-8-6-4-2-3-5-7-9-11-13-15-17-19-21-23-25-27-29-31-33-36(37)38-34-35/h8,10,20,22,35H,2-7,9,11-19,21,23-34H2,1H3/b10-8-,22-20-. The number of esters is 1. The largest absolute Gasteiger partial charge is 0.465 e. The molecule has 0 bridgehead atoms. The molecule has 0 amide bonds. The molecule has 1 aliphatic rings. The quantitative estimate of drug-likeness (QED) is 0.230. The molecule has 0 aromatic carbocycles. The van der Waals surface area contributed by atoms with Crippen molar-refractivity contribution in [2.75, 3.05) is 6.61 Å². The van der Waals surface area contributed by atoms with Gasteiger partial charge in [0.2, 0.25) is 0 Å². The molecule has 0 N–H and O–H groups in total. The van der Waals surface area contributed by atoms with Crippen molar-refractivity contribution in [1.29, 1.82) is 0 Å². The van der Waals surface area contributed by atoms with E-state index in [0.717, 1.165) is 6.42 Å². The summed E-state index contributed by atoms with van der Waals surface area (Å²) in [5.74, 6) is 0.501. The molecule has 38 heavy (non-hydrogen) atoms. The smallest absolute Gasteiger partial charge is 0.305 e. The van der Waals surface area contributed by atoms with E-state index in [1.54, 1.807) is 0 Å². The molecular weight excluding hydrogens is 464 g/mol. The van der Waals surface area contributed by atoms with Gasteiger partial charge in [0, 0.05) is 6.42 Å². The highest BCUT2D eigenvalue weighted by Crippen LogP contribution is 2.16. The Balaban J connectivity index is 2.16. The van der Waals surface area contributed by atoms with E-state index in [0.29, 0.717) is 18.9 Å². The van der Waals surface area contributed by atoms with Crippen LogP contribution >= 0.6 is 0 Å². The normalized spacial score (nSPS) is 26.0. The van der Waals surface area contributed by atoms with Gasteiger partial charge in [-0.25, -0.2) is 0 Å². The number of hydrogen-bond acceptors (Lipinski definition) is 2. The molecule has 2 nitrogen and oxygen atoms in total. The average molecular weight is 531 g/mol. The average Bonchev–Trinajstić information content (AvgIpc) is 2.92. The van der Waals surface area contributed by atoms with E-state index in [1.165, 1.54) is 167 Å². The zero-order chi connectivity index (χ0) is 27.2. The van der Waals surface area contributed by atoms with E-state index < -0.39 is 0 Å². The third kappa shape index (κ3) is 26.6. The topological polar surface area (TPSA) is 26.3 Å². The van der Waals surface area contributed by atoms with Gasteiger partial charge in [0.05, 0.1) is 6.61 Å². The zero-order valence-electron chi connectivity index (χ0n) is 25.7. The third-order valence-electron chi connectivity index (χ3n) is 8.17. The number of hydrogen-bond donors (Lipinski definition) is 0. The molecule has 2 heteroatoms. The van der Waals surface area contributed by atoms with Gasteiger partial charge in [0.1, 0.15) is 0 Å². The Morgan fingerprint density at radius 2 is 0.789 bits per heavy atom. The minimum Gasteiger partial charge on any atom is -0.465 e. The van der Waals surface area contributed by atoms with Crippen LogP contribution in [-0.4, -0.2) is 12.6 Å². The number of rotatable bonds is 0. The van der Waals surface area contributed by atoms with Crippen LogP contribution in [0.4, 0.5) is 0 Å². The Kier molecular flexibility index (Phi) is 26.6. The highest BCUT2D eigenvalue weighted by Gasteiger charge is 2.07. The summed E-state index contributed by atoms with van der Waals surface area (Å²) in [5.41, 5.74) is 0. The Hall–Kier alpha value is -1.05. The molecule has 0 aliphatic carbocycles. The Morgan fingerprint density at radius 1 is 0.474 bits per heavy atom. The van der Waals surface area contributed by atoms with Crippen LogP contribution in [0.15, 0.2) is 24.3 Å². The maximum Gasteiger partial charge on any atom is 0.305 e. The molecule has 0 spiro atoms. The fraction of sp³-hybridized carbons (Fsp3) is 0.861. The van der Waals surface area contributed by atoms with E-state index in [4.69, 9.17) is 4.74 Å². The van der Waals surface area contributed by atoms with Crippen LogP contribution in [-0.2, 0) is 9.53 Å². The summed E-state index contributed by atoms with van der Waals surface area (Å²) in [5, 5.41) is 0. The van der Waals surface area contributed by atoms with Crippen molar-refractivity contribution in [2.24, 2.45) is 5.92 Å². The lowest BCUT2D eigenvalue weighted by atomic mass is 10.0. The summed E-state index contributed by atoms with van der Waals surface area (Å²) < 4.78 is 5.54. The SMILES string of the molecule is CC1CCCCC/C=C\CCCC/C=C\CCCCCCCCCCCCCCCCCCCC(=O)OC1. The van der Waals surface area contributed by atoms with Gasteiger partial charge in [-0.1, -0.05) is 140 Å². The van der Waals surface area contributed by atoms with Crippen LogP contribution in [0.3, 0.4) is 0 Å². The van der Waals surface area contributed by atoms with Gasteiger partial charge in [0.15, 0.2) is 0 Å². The van der Waals surface area contributed by atoms with Gasteiger partial charge in [0.25, 0.3) is 0 Å². The monoisotopic (exact) mass is 531 g/mol. The van der Waals surface area contributed by atoms with Crippen molar-refractivity contribution in [3.8, 4) is 0 Å². The molecule has 0 fully saturated rings. The van der Waals surface area contributed by atoms with E-state index >= 15 is 0 Å². The fourth-order valence-corrected chi connectivity index (χ4v) is 5.50. The van der Waals surface area contributed by atoms with Crippen LogP contribution in [0.1, 0.15) is 187 Å². The van der Waals surface area contributed by atoms with Gasteiger partial charge in [-0.3, -0.25) is 4.79 Å². The summed E-state index contributed by atoms with van der Waals surface area (Å²) in [6.45, 7) is 2.83. The van der Waals surface area contributed by atoms with Crippen LogP contribution < -0.4 is 0 Å². The van der Waals surface area contributed by atoms with Gasteiger partial charge in [-0.05, 0) is 70.1 Å². The second kappa shape index (κ2) is 28.9. The van der Waals surface area contributed by atoms with E-state index in [1.807, 2.05) is 0 Å². The summed E-state index contributed by atoms with van der Waals surface area (Å²) in [6.07, 6.45) is 46.1. The highest BCUT2D eigenvalue weighted by molar-refractivity contribution is 5.69. The van der Waals surface area contributed by atoms with Gasteiger partial charge >= 0.3 is 5.97 Å². The summed E-state index contributed by atoms with van der Waals surface area (Å²) in [6, 6.07) is 0. The number of carbonyl (C=O) groups excluding carboxylic acids is 1. The highest BCUT2D eigenvalue weighted by atomic mass is 16.5. The molecule has 0 aromatic heterocycles. The van der Waals surface area contributed by atoms with Crippen molar-refractivity contribution in [2.45, 2.75) is 187 Å². The molecule has 1 unspecified atom stereocenters. The molecule has 0 saturated carbocycles. The van der Waals surface area contributed by atoms with Crippen LogP contribution in [0.25, 0.3) is 0 Å². The van der Waals surface area contributed by atoms with E-state index in [9.17, 15) is 4.79 Å². The van der Waals surface area contributed by atoms with Crippen molar-refractivity contribution >= 4 is 5.97 Å². The zero-order valence-corrected chi connectivity index (χ0v) is 25.7. The lowest BCUT2D eigenvalue weighted by Crippen LogP contribution is -2.11. The first kappa shape index (κ1) is 35.0. The Labute approximate surface area is 238 Å². The molecular formula is C36H66O2. The molecule has 1 atom stereocenters. The van der Waals surface area contributed by atoms with E-state index in [-0.39, 0.29) is 5.97 Å².